The number of hydrogen-bond acceptors (Lipinski definition) is 5. The summed E-state index contributed by atoms with van der Waals surface area (Å²) < 4.78 is 14.7. The van der Waals surface area contributed by atoms with Gasteiger partial charge in [-0.25, -0.2) is 9.59 Å². The Morgan fingerprint density at radius 2 is 0.917 bits per heavy atom. The van der Waals surface area contributed by atoms with Crippen molar-refractivity contribution in [3.05, 3.63) is 12.2 Å². The molecule has 0 heterocycles. The highest BCUT2D eigenvalue weighted by atomic mass is 28.3. The molecule has 0 fully saturated rings. The highest BCUT2D eigenvalue weighted by Gasteiger charge is 2.03. The van der Waals surface area contributed by atoms with E-state index in [0.29, 0.717) is 13.2 Å². The second-order valence-electron chi connectivity index (χ2n) is 9.84. The van der Waals surface area contributed by atoms with Gasteiger partial charge < -0.3 is 13.9 Å². The lowest BCUT2D eigenvalue weighted by atomic mass is 10.0. The predicted molar refractivity (Wildman–Crippen MR) is 156 cm³/mol. The summed E-state index contributed by atoms with van der Waals surface area (Å²) in [7, 11) is -1.40. The SMILES string of the molecule is CCCCCCCCCCCCCCCCCCCC.CCOCCOC(=O)/C=C/C(=O)O[SiH](C)C. The van der Waals surface area contributed by atoms with Crippen LogP contribution in [0.5, 0.6) is 0 Å². The van der Waals surface area contributed by atoms with E-state index in [1.807, 2.05) is 20.0 Å². The monoisotopic (exact) mass is 528 g/mol. The Kier molecular flexibility index (Phi) is 32.8. The minimum Gasteiger partial charge on any atom is -0.519 e. The molecule has 0 aromatic heterocycles. The number of carbonyl (C=O) groups is 2. The summed E-state index contributed by atoms with van der Waals surface area (Å²) >= 11 is 0. The van der Waals surface area contributed by atoms with Crippen molar-refractivity contribution in [2.24, 2.45) is 0 Å². The van der Waals surface area contributed by atoms with Gasteiger partial charge in [-0.05, 0) is 20.0 Å². The molecule has 0 aliphatic rings. The number of carbonyl (C=O) groups excluding carboxylic acids is 2. The van der Waals surface area contributed by atoms with E-state index in [0.717, 1.165) is 12.2 Å². The molecule has 214 valence electrons. The van der Waals surface area contributed by atoms with E-state index < -0.39 is 21.0 Å². The van der Waals surface area contributed by atoms with Crippen LogP contribution in [-0.2, 0) is 23.5 Å². The van der Waals surface area contributed by atoms with Crippen molar-refractivity contribution in [2.45, 2.75) is 149 Å². The van der Waals surface area contributed by atoms with E-state index in [-0.39, 0.29) is 6.61 Å². The molecule has 36 heavy (non-hydrogen) atoms. The lowest BCUT2D eigenvalue weighted by Gasteiger charge is -2.03. The molecule has 5 nitrogen and oxygen atoms in total. The van der Waals surface area contributed by atoms with Crippen LogP contribution in [0.4, 0.5) is 0 Å². The molecule has 0 atom stereocenters. The molecule has 0 aromatic rings. The molecule has 0 rings (SSSR count). The predicted octanol–water partition coefficient (Wildman–Crippen LogP) is 8.70. The molecule has 0 N–H and O–H groups in total. The van der Waals surface area contributed by atoms with Crippen molar-refractivity contribution in [3.63, 3.8) is 0 Å². The van der Waals surface area contributed by atoms with Gasteiger partial charge in [-0.15, -0.1) is 0 Å². The lowest BCUT2D eigenvalue weighted by molar-refractivity contribution is -0.139. The smallest absolute Gasteiger partial charge is 0.331 e. The van der Waals surface area contributed by atoms with Crippen molar-refractivity contribution in [1.29, 1.82) is 0 Å². The topological polar surface area (TPSA) is 61.8 Å². The highest BCUT2D eigenvalue weighted by molar-refractivity contribution is 6.50. The molecule has 0 aliphatic heterocycles. The van der Waals surface area contributed by atoms with Gasteiger partial charge in [0.15, 0.2) is 0 Å². The molecule has 0 aromatic carbocycles. The quantitative estimate of drug-likeness (QED) is 0.0542. The first-order chi connectivity index (χ1) is 17.5. The average Bonchev–Trinajstić information content (AvgIpc) is 2.85. The number of esters is 1. The molecule has 0 bridgehead atoms. The van der Waals surface area contributed by atoms with Gasteiger partial charge in [0.05, 0.1) is 6.61 Å². The third-order valence-corrected chi connectivity index (χ3v) is 6.54. The van der Waals surface area contributed by atoms with Gasteiger partial charge in [0.25, 0.3) is 0 Å². The number of rotatable bonds is 24. The van der Waals surface area contributed by atoms with Gasteiger partial charge in [0.1, 0.15) is 6.61 Å². The van der Waals surface area contributed by atoms with Crippen LogP contribution in [0, 0.1) is 0 Å². The van der Waals surface area contributed by atoms with Gasteiger partial charge in [0, 0.05) is 18.8 Å². The molecular formula is C30H60O5Si. The lowest BCUT2D eigenvalue weighted by Crippen LogP contribution is -2.13. The summed E-state index contributed by atoms with van der Waals surface area (Å²) in [6.45, 7) is 11.3. The minimum atomic E-state index is -1.40. The summed E-state index contributed by atoms with van der Waals surface area (Å²) in [4.78, 5) is 22.1. The maximum atomic E-state index is 11.0. The molecular weight excluding hydrogens is 468 g/mol. The zero-order valence-electron chi connectivity index (χ0n) is 24.6. The molecule has 0 unspecified atom stereocenters. The van der Waals surface area contributed by atoms with Gasteiger partial charge >= 0.3 is 11.9 Å². The number of ether oxygens (including phenoxy) is 2. The third kappa shape index (κ3) is 35.0. The van der Waals surface area contributed by atoms with E-state index in [2.05, 4.69) is 13.8 Å². The van der Waals surface area contributed by atoms with Gasteiger partial charge in [0.2, 0.25) is 9.04 Å². The Bertz CT molecular complexity index is 476. The van der Waals surface area contributed by atoms with Crippen molar-refractivity contribution >= 4 is 21.0 Å². The van der Waals surface area contributed by atoms with E-state index in [1.54, 1.807) is 0 Å². The van der Waals surface area contributed by atoms with Crippen molar-refractivity contribution in [1.82, 2.24) is 0 Å². The fraction of sp³-hybridized carbons (Fsp3) is 0.867. The maximum Gasteiger partial charge on any atom is 0.331 e. The molecule has 0 amide bonds. The van der Waals surface area contributed by atoms with E-state index in [1.165, 1.54) is 116 Å². The van der Waals surface area contributed by atoms with Crippen molar-refractivity contribution < 1.29 is 23.5 Å². The van der Waals surface area contributed by atoms with Gasteiger partial charge in [-0.2, -0.15) is 0 Å². The van der Waals surface area contributed by atoms with Crippen LogP contribution < -0.4 is 0 Å². The zero-order chi connectivity index (χ0) is 27.1. The maximum absolute atomic E-state index is 11.0. The molecule has 0 saturated heterocycles. The first-order valence-corrected chi connectivity index (χ1v) is 17.9. The van der Waals surface area contributed by atoms with Crippen LogP contribution in [0.3, 0.4) is 0 Å². The summed E-state index contributed by atoms with van der Waals surface area (Å²) in [6.07, 6.45) is 28.5. The van der Waals surface area contributed by atoms with Crippen LogP contribution in [-0.4, -0.2) is 40.8 Å². The normalized spacial score (nSPS) is 10.9. The molecule has 0 radical (unpaired) electrons. The summed E-state index contributed by atoms with van der Waals surface area (Å²) in [5.41, 5.74) is 0. The largest absolute Gasteiger partial charge is 0.519 e. The summed E-state index contributed by atoms with van der Waals surface area (Å²) in [5, 5.41) is 0. The number of unbranched alkanes of at least 4 members (excludes halogenated alkanes) is 17. The molecule has 0 spiro atoms. The van der Waals surface area contributed by atoms with E-state index >= 15 is 0 Å². The molecule has 0 saturated carbocycles. The summed E-state index contributed by atoms with van der Waals surface area (Å²) in [6, 6.07) is 0. The Balaban J connectivity index is 0. The second-order valence-corrected chi connectivity index (χ2v) is 12.2. The average molecular weight is 529 g/mol. The first-order valence-electron chi connectivity index (χ1n) is 15.1. The Morgan fingerprint density at radius 1 is 0.556 bits per heavy atom. The molecule has 6 heteroatoms. The highest BCUT2D eigenvalue weighted by Crippen LogP contribution is 2.14. The Morgan fingerprint density at radius 3 is 1.25 bits per heavy atom. The minimum absolute atomic E-state index is 0.186. The Labute approximate surface area is 225 Å². The second kappa shape index (κ2) is 31.9. The van der Waals surface area contributed by atoms with E-state index in [9.17, 15) is 9.59 Å². The fourth-order valence-corrected chi connectivity index (χ4v) is 4.32. The molecule has 0 aliphatic carbocycles. The van der Waals surface area contributed by atoms with E-state index in [4.69, 9.17) is 13.9 Å². The van der Waals surface area contributed by atoms with Crippen LogP contribution >= 0.6 is 0 Å². The van der Waals surface area contributed by atoms with Crippen LogP contribution in [0.1, 0.15) is 136 Å². The van der Waals surface area contributed by atoms with Crippen molar-refractivity contribution in [3.8, 4) is 0 Å². The van der Waals surface area contributed by atoms with Gasteiger partial charge in [-0.1, -0.05) is 129 Å². The van der Waals surface area contributed by atoms with Crippen LogP contribution in [0.2, 0.25) is 13.1 Å². The zero-order valence-corrected chi connectivity index (χ0v) is 25.8. The standard InChI is InChI=1S/C20H42.C10H18O5Si/c1-3-5-7-9-11-13-15-17-19-20-18-16-14-12-10-8-6-4-2;1-4-13-7-8-14-9(11)5-6-10(12)15-16(2)3/h3-20H2,1-2H3;5-6,16H,4,7-8H2,1-3H3/b;6-5+. The fourth-order valence-electron chi connectivity index (χ4n) is 3.78. The summed E-state index contributed by atoms with van der Waals surface area (Å²) in [5.74, 6) is -1.06. The van der Waals surface area contributed by atoms with Crippen molar-refractivity contribution in [2.75, 3.05) is 19.8 Å². The van der Waals surface area contributed by atoms with Gasteiger partial charge in [-0.3, -0.25) is 0 Å². The van der Waals surface area contributed by atoms with Crippen LogP contribution in [0.15, 0.2) is 12.2 Å². The van der Waals surface area contributed by atoms with Crippen LogP contribution in [0.25, 0.3) is 0 Å². The Hall–Kier alpha value is -1.14. The number of hydrogen-bond donors (Lipinski definition) is 0. The third-order valence-electron chi connectivity index (χ3n) is 5.84. The first kappa shape index (κ1) is 37.0.